The normalized spacial score (nSPS) is 11.5. The summed E-state index contributed by atoms with van der Waals surface area (Å²) in [6, 6.07) is 7.85. The molecule has 0 saturated heterocycles. The van der Waals surface area contributed by atoms with Crippen LogP contribution in [0.25, 0.3) is 21.7 Å². The van der Waals surface area contributed by atoms with Crippen LogP contribution in [0.4, 0.5) is 0 Å². The van der Waals surface area contributed by atoms with Crippen molar-refractivity contribution in [1.29, 1.82) is 0 Å². The SMILES string of the molecule is COCCn1c(=O)c2cnccc2c2ccc(OCCCC(C)C)cc21. The van der Waals surface area contributed by atoms with Gasteiger partial charge in [0.15, 0.2) is 0 Å². The van der Waals surface area contributed by atoms with E-state index in [0.717, 1.165) is 34.9 Å². The Labute approximate surface area is 153 Å². The number of aromatic nitrogens is 2. The fourth-order valence-corrected chi connectivity index (χ4v) is 3.19. The lowest BCUT2D eigenvalue weighted by Gasteiger charge is -2.14. The van der Waals surface area contributed by atoms with E-state index >= 15 is 0 Å². The molecule has 5 heteroatoms. The van der Waals surface area contributed by atoms with Gasteiger partial charge >= 0.3 is 0 Å². The highest BCUT2D eigenvalue weighted by atomic mass is 16.5. The van der Waals surface area contributed by atoms with Crippen LogP contribution in [0.1, 0.15) is 26.7 Å². The Hall–Kier alpha value is -2.40. The number of nitrogens with zero attached hydrogens (tertiary/aromatic N) is 2. The smallest absolute Gasteiger partial charge is 0.260 e. The van der Waals surface area contributed by atoms with Crippen LogP contribution >= 0.6 is 0 Å². The minimum absolute atomic E-state index is 0.0467. The van der Waals surface area contributed by atoms with Gasteiger partial charge in [0.25, 0.3) is 5.56 Å². The fourth-order valence-electron chi connectivity index (χ4n) is 3.19. The summed E-state index contributed by atoms with van der Waals surface area (Å²) in [6.07, 6.45) is 5.52. The molecule has 0 radical (unpaired) electrons. The maximum Gasteiger partial charge on any atom is 0.260 e. The second kappa shape index (κ2) is 8.32. The predicted molar refractivity (Wildman–Crippen MR) is 105 cm³/mol. The molecule has 0 aliphatic rings. The minimum Gasteiger partial charge on any atom is -0.494 e. The summed E-state index contributed by atoms with van der Waals surface area (Å²) in [4.78, 5) is 17.0. The van der Waals surface area contributed by atoms with Crippen LogP contribution in [0.15, 0.2) is 41.5 Å². The Morgan fingerprint density at radius 1 is 1.12 bits per heavy atom. The van der Waals surface area contributed by atoms with Crippen LogP contribution in [0.3, 0.4) is 0 Å². The molecule has 3 rings (SSSR count). The lowest BCUT2D eigenvalue weighted by Crippen LogP contribution is -2.23. The van der Waals surface area contributed by atoms with Crippen molar-refractivity contribution in [3.8, 4) is 5.75 Å². The third kappa shape index (κ3) is 3.88. The van der Waals surface area contributed by atoms with Crippen LogP contribution in [-0.2, 0) is 11.3 Å². The zero-order valence-corrected chi connectivity index (χ0v) is 15.7. The number of fused-ring (bicyclic) bond motifs is 3. The van der Waals surface area contributed by atoms with Crippen LogP contribution in [0.5, 0.6) is 5.75 Å². The van der Waals surface area contributed by atoms with Gasteiger partial charge in [0.2, 0.25) is 0 Å². The van der Waals surface area contributed by atoms with Gasteiger partial charge in [-0.2, -0.15) is 0 Å². The quantitative estimate of drug-likeness (QED) is 0.453. The summed E-state index contributed by atoms with van der Waals surface area (Å²) in [5.74, 6) is 1.47. The first-order valence-corrected chi connectivity index (χ1v) is 9.14. The summed E-state index contributed by atoms with van der Waals surface area (Å²) < 4.78 is 12.9. The molecule has 0 fully saturated rings. The molecule has 0 atom stereocenters. The number of methoxy groups -OCH3 is 1. The summed E-state index contributed by atoms with van der Waals surface area (Å²) in [5.41, 5.74) is 0.821. The number of hydrogen-bond donors (Lipinski definition) is 0. The van der Waals surface area contributed by atoms with Gasteiger partial charge in [-0.15, -0.1) is 0 Å². The minimum atomic E-state index is -0.0467. The van der Waals surface area contributed by atoms with Crippen molar-refractivity contribution in [3.05, 3.63) is 47.0 Å². The van der Waals surface area contributed by atoms with E-state index in [9.17, 15) is 4.79 Å². The van der Waals surface area contributed by atoms with Crippen molar-refractivity contribution < 1.29 is 9.47 Å². The Kier molecular flexibility index (Phi) is 5.89. The Bertz CT molecular complexity index is 947. The molecular weight excluding hydrogens is 328 g/mol. The molecule has 0 N–H and O–H groups in total. The first kappa shape index (κ1) is 18.4. The van der Waals surface area contributed by atoms with Crippen molar-refractivity contribution in [2.75, 3.05) is 20.3 Å². The van der Waals surface area contributed by atoms with E-state index in [2.05, 4.69) is 18.8 Å². The fraction of sp³-hybridized carbons (Fsp3) is 0.429. The van der Waals surface area contributed by atoms with E-state index in [1.165, 1.54) is 0 Å². The molecule has 0 unspecified atom stereocenters. The van der Waals surface area contributed by atoms with Gasteiger partial charge in [0.05, 0.1) is 24.1 Å². The molecular formula is C21H26N2O3. The van der Waals surface area contributed by atoms with E-state index in [1.807, 2.05) is 24.3 Å². The van der Waals surface area contributed by atoms with E-state index in [0.29, 0.717) is 31.1 Å². The average molecular weight is 354 g/mol. The lowest BCUT2D eigenvalue weighted by atomic mass is 10.1. The van der Waals surface area contributed by atoms with Gasteiger partial charge in [-0.25, -0.2) is 0 Å². The standard InChI is InChI=1S/C21H26N2O3/c1-15(2)5-4-11-26-16-6-7-18-17-8-9-22-14-19(17)21(24)23(10-12-25-3)20(18)13-16/h6-9,13-15H,4-5,10-12H2,1-3H3. The molecule has 5 nitrogen and oxygen atoms in total. The molecule has 2 heterocycles. The molecule has 0 saturated carbocycles. The molecule has 26 heavy (non-hydrogen) atoms. The highest BCUT2D eigenvalue weighted by molar-refractivity contribution is 6.05. The molecule has 2 aromatic heterocycles. The third-order valence-corrected chi connectivity index (χ3v) is 4.56. The highest BCUT2D eigenvalue weighted by Gasteiger charge is 2.12. The number of ether oxygens (including phenoxy) is 2. The molecule has 0 aliphatic heterocycles. The summed E-state index contributed by atoms with van der Waals surface area (Å²) in [7, 11) is 1.64. The van der Waals surface area contributed by atoms with E-state index in [4.69, 9.17) is 9.47 Å². The van der Waals surface area contributed by atoms with E-state index in [-0.39, 0.29) is 5.56 Å². The topological polar surface area (TPSA) is 53.4 Å². The Morgan fingerprint density at radius 3 is 2.73 bits per heavy atom. The number of rotatable bonds is 8. The summed E-state index contributed by atoms with van der Waals surface area (Å²) >= 11 is 0. The van der Waals surface area contributed by atoms with Crippen LogP contribution in [-0.4, -0.2) is 29.9 Å². The number of pyridine rings is 2. The maximum atomic E-state index is 12.9. The molecule has 0 aliphatic carbocycles. The van der Waals surface area contributed by atoms with Crippen LogP contribution in [0, 0.1) is 5.92 Å². The molecule has 0 amide bonds. The zero-order valence-electron chi connectivity index (χ0n) is 15.7. The second-order valence-corrected chi connectivity index (χ2v) is 6.93. The first-order valence-electron chi connectivity index (χ1n) is 9.14. The van der Waals surface area contributed by atoms with Crippen molar-refractivity contribution >= 4 is 21.7 Å². The number of benzene rings is 1. The van der Waals surface area contributed by atoms with Gasteiger partial charge < -0.3 is 14.0 Å². The zero-order chi connectivity index (χ0) is 18.5. The van der Waals surface area contributed by atoms with Crippen LogP contribution in [0.2, 0.25) is 0 Å². The molecule has 1 aromatic carbocycles. The average Bonchev–Trinajstić information content (AvgIpc) is 2.65. The van der Waals surface area contributed by atoms with Crippen molar-refractivity contribution in [2.24, 2.45) is 5.92 Å². The summed E-state index contributed by atoms with van der Waals surface area (Å²) in [5, 5.41) is 2.56. The molecule has 3 aromatic rings. The largest absolute Gasteiger partial charge is 0.494 e. The second-order valence-electron chi connectivity index (χ2n) is 6.93. The lowest BCUT2D eigenvalue weighted by molar-refractivity contribution is 0.187. The maximum absolute atomic E-state index is 12.9. The van der Waals surface area contributed by atoms with Gasteiger partial charge in [-0.3, -0.25) is 9.78 Å². The van der Waals surface area contributed by atoms with Crippen molar-refractivity contribution in [1.82, 2.24) is 9.55 Å². The third-order valence-electron chi connectivity index (χ3n) is 4.56. The van der Waals surface area contributed by atoms with E-state index < -0.39 is 0 Å². The molecule has 138 valence electrons. The van der Waals surface area contributed by atoms with Crippen molar-refractivity contribution in [2.45, 2.75) is 33.2 Å². The first-order chi connectivity index (χ1) is 12.6. The van der Waals surface area contributed by atoms with Crippen molar-refractivity contribution in [3.63, 3.8) is 0 Å². The highest BCUT2D eigenvalue weighted by Crippen LogP contribution is 2.26. The van der Waals surface area contributed by atoms with Gasteiger partial charge in [0.1, 0.15) is 5.75 Å². The van der Waals surface area contributed by atoms with Crippen LogP contribution < -0.4 is 10.3 Å². The monoisotopic (exact) mass is 354 g/mol. The van der Waals surface area contributed by atoms with Gasteiger partial charge in [0, 0.05) is 37.5 Å². The number of hydrogen-bond acceptors (Lipinski definition) is 4. The molecule has 0 bridgehead atoms. The van der Waals surface area contributed by atoms with E-state index in [1.54, 1.807) is 24.1 Å². The Balaban J connectivity index is 2.03. The predicted octanol–water partition coefficient (Wildman–Crippen LogP) is 4.01. The molecule has 0 spiro atoms. The van der Waals surface area contributed by atoms with Gasteiger partial charge in [-0.05, 0) is 42.3 Å². The Morgan fingerprint density at radius 2 is 1.96 bits per heavy atom. The summed E-state index contributed by atoms with van der Waals surface area (Å²) in [6.45, 7) is 6.08. The van der Waals surface area contributed by atoms with Gasteiger partial charge in [-0.1, -0.05) is 13.8 Å².